The zero-order valence-corrected chi connectivity index (χ0v) is 14.8. The van der Waals surface area contributed by atoms with Crippen molar-refractivity contribution in [1.29, 1.82) is 0 Å². The van der Waals surface area contributed by atoms with Crippen LogP contribution in [-0.2, 0) is 11.2 Å². The van der Waals surface area contributed by atoms with Gasteiger partial charge >= 0.3 is 5.97 Å². The summed E-state index contributed by atoms with van der Waals surface area (Å²) in [5, 5.41) is 14.4. The van der Waals surface area contributed by atoms with E-state index in [1.54, 1.807) is 6.07 Å². The normalized spacial score (nSPS) is 12.2. The maximum Gasteiger partial charge on any atom is 0.326 e. The number of carbonyl (C=O) groups is 2. The second kappa shape index (κ2) is 7.15. The van der Waals surface area contributed by atoms with Crippen LogP contribution in [0.25, 0.3) is 21.7 Å². The summed E-state index contributed by atoms with van der Waals surface area (Å²) in [7, 11) is 0. The van der Waals surface area contributed by atoms with Crippen molar-refractivity contribution in [2.75, 3.05) is 0 Å². The largest absolute Gasteiger partial charge is 0.480 e. The van der Waals surface area contributed by atoms with Crippen LogP contribution in [0.15, 0.2) is 66.7 Å². The van der Waals surface area contributed by atoms with Gasteiger partial charge in [0, 0.05) is 17.3 Å². The molecule has 28 heavy (non-hydrogen) atoms. The van der Waals surface area contributed by atoms with Crippen molar-refractivity contribution in [1.82, 2.24) is 10.3 Å². The molecule has 0 fully saturated rings. The van der Waals surface area contributed by atoms with E-state index in [1.807, 2.05) is 42.5 Å². The van der Waals surface area contributed by atoms with E-state index in [0.717, 1.165) is 16.3 Å². The fourth-order valence-electron chi connectivity index (χ4n) is 3.28. The van der Waals surface area contributed by atoms with Gasteiger partial charge in [-0.25, -0.2) is 9.18 Å². The summed E-state index contributed by atoms with van der Waals surface area (Å²) >= 11 is 0. The van der Waals surface area contributed by atoms with Gasteiger partial charge in [0.05, 0.1) is 0 Å². The Labute approximate surface area is 159 Å². The van der Waals surface area contributed by atoms with E-state index in [1.165, 1.54) is 18.2 Å². The number of carbonyl (C=O) groups excluding carboxylic acids is 1. The average Bonchev–Trinajstić information content (AvgIpc) is 3.13. The van der Waals surface area contributed by atoms with Crippen molar-refractivity contribution in [2.45, 2.75) is 12.5 Å². The molecule has 3 N–H and O–H groups in total. The molecule has 0 unspecified atom stereocenters. The molecule has 0 aliphatic rings. The first-order chi connectivity index (χ1) is 13.5. The molecule has 140 valence electrons. The van der Waals surface area contributed by atoms with Crippen LogP contribution in [0.2, 0.25) is 0 Å². The number of carboxylic acids is 1. The second-order valence-corrected chi connectivity index (χ2v) is 6.63. The zero-order chi connectivity index (χ0) is 19.7. The standard InChI is InChI=1S/C22H17FN2O3/c23-17-6-3-7-18-16(17)12-19(24-18)21(26)25-20(22(27)28)11-13-8-9-14-4-1-2-5-15(14)10-13/h1-10,12,20,24H,11H2,(H,25,26)(H,27,28)/t20-/m0/s1. The minimum atomic E-state index is -1.14. The third-order valence-electron chi connectivity index (χ3n) is 4.71. The lowest BCUT2D eigenvalue weighted by atomic mass is 10.0. The Kier molecular flexibility index (Phi) is 4.53. The maximum atomic E-state index is 13.8. The molecule has 0 saturated heterocycles. The van der Waals surface area contributed by atoms with Gasteiger partial charge in [-0.05, 0) is 34.5 Å². The molecule has 1 aromatic heterocycles. The molecule has 1 atom stereocenters. The molecule has 0 aliphatic carbocycles. The summed E-state index contributed by atoms with van der Waals surface area (Å²) in [6.07, 6.45) is 0.139. The topological polar surface area (TPSA) is 82.2 Å². The molecule has 0 spiro atoms. The van der Waals surface area contributed by atoms with Crippen LogP contribution < -0.4 is 5.32 Å². The van der Waals surface area contributed by atoms with E-state index in [2.05, 4.69) is 10.3 Å². The summed E-state index contributed by atoms with van der Waals surface area (Å²) in [6.45, 7) is 0. The number of H-pyrrole nitrogens is 1. The van der Waals surface area contributed by atoms with Crippen LogP contribution >= 0.6 is 0 Å². The van der Waals surface area contributed by atoms with Gasteiger partial charge < -0.3 is 15.4 Å². The van der Waals surface area contributed by atoms with Gasteiger partial charge in [0.25, 0.3) is 5.91 Å². The van der Waals surface area contributed by atoms with Crippen LogP contribution in [0.3, 0.4) is 0 Å². The van der Waals surface area contributed by atoms with E-state index < -0.39 is 23.7 Å². The monoisotopic (exact) mass is 376 g/mol. The first-order valence-corrected chi connectivity index (χ1v) is 8.80. The molecule has 0 radical (unpaired) electrons. The fourth-order valence-corrected chi connectivity index (χ4v) is 3.28. The number of fused-ring (bicyclic) bond motifs is 2. The summed E-state index contributed by atoms with van der Waals surface area (Å²) < 4.78 is 13.8. The quantitative estimate of drug-likeness (QED) is 0.494. The number of aromatic amines is 1. The highest BCUT2D eigenvalue weighted by Crippen LogP contribution is 2.19. The van der Waals surface area contributed by atoms with Gasteiger partial charge in [-0.15, -0.1) is 0 Å². The van der Waals surface area contributed by atoms with Crippen LogP contribution in [0.4, 0.5) is 4.39 Å². The van der Waals surface area contributed by atoms with Crippen LogP contribution in [-0.4, -0.2) is 28.0 Å². The van der Waals surface area contributed by atoms with Gasteiger partial charge in [-0.1, -0.05) is 48.5 Å². The molecule has 4 rings (SSSR count). The smallest absolute Gasteiger partial charge is 0.326 e. The number of aliphatic carboxylic acids is 1. The first kappa shape index (κ1) is 17.7. The molecule has 6 heteroatoms. The Morgan fingerprint density at radius 2 is 1.79 bits per heavy atom. The Hall–Kier alpha value is -3.67. The number of aromatic nitrogens is 1. The zero-order valence-electron chi connectivity index (χ0n) is 14.8. The Morgan fingerprint density at radius 3 is 2.54 bits per heavy atom. The highest BCUT2D eigenvalue weighted by molar-refractivity contribution is 5.99. The van der Waals surface area contributed by atoms with E-state index in [-0.39, 0.29) is 17.5 Å². The van der Waals surface area contributed by atoms with E-state index in [9.17, 15) is 19.1 Å². The van der Waals surface area contributed by atoms with E-state index in [4.69, 9.17) is 0 Å². The number of nitrogens with one attached hydrogen (secondary N) is 2. The SMILES string of the molecule is O=C(N[C@@H](Cc1ccc2ccccc2c1)C(=O)O)c1cc2c(F)cccc2[nH]1. The van der Waals surface area contributed by atoms with Crippen molar-refractivity contribution < 1.29 is 19.1 Å². The van der Waals surface area contributed by atoms with E-state index >= 15 is 0 Å². The highest BCUT2D eigenvalue weighted by Gasteiger charge is 2.22. The Morgan fingerprint density at radius 1 is 1.00 bits per heavy atom. The van der Waals surface area contributed by atoms with Gasteiger partial charge in [0.15, 0.2) is 0 Å². The van der Waals surface area contributed by atoms with Gasteiger partial charge in [-0.3, -0.25) is 4.79 Å². The number of hydrogen-bond acceptors (Lipinski definition) is 2. The molecule has 5 nitrogen and oxygen atoms in total. The van der Waals surface area contributed by atoms with Crippen molar-refractivity contribution in [2.24, 2.45) is 0 Å². The molecular formula is C22H17FN2O3. The number of benzene rings is 3. The second-order valence-electron chi connectivity index (χ2n) is 6.63. The van der Waals surface area contributed by atoms with Gasteiger partial charge in [0.2, 0.25) is 0 Å². The average molecular weight is 376 g/mol. The molecular weight excluding hydrogens is 359 g/mol. The molecule has 0 saturated carbocycles. The number of rotatable bonds is 5. The molecule has 1 amide bonds. The number of hydrogen-bond donors (Lipinski definition) is 3. The van der Waals surface area contributed by atoms with Gasteiger partial charge in [-0.2, -0.15) is 0 Å². The van der Waals surface area contributed by atoms with Crippen LogP contribution in [0.5, 0.6) is 0 Å². The minimum Gasteiger partial charge on any atom is -0.480 e. The predicted octanol–water partition coefficient (Wildman–Crippen LogP) is 3.89. The lowest BCUT2D eigenvalue weighted by molar-refractivity contribution is -0.139. The maximum absolute atomic E-state index is 13.8. The molecule has 4 aromatic rings. The summed E-state index contributed by atoms with van der Waals surface area (Å²) in [6, 6.07) is 18.2. The third kappa shape index (κ3) is 3.44. The molecule has 0 aliphatic heterocycles. The number of amides is 1. The van der Waals surface area contributed by atoms with Crippen molar-refractivity contribution in [3.05, 3.63) is 83.8 Å². The van der Waals surface area contributed by atoms with Gasteiger partial charge in [0.1, 0.15) is 17.6 Å². The fraction of sp³-hybridized carbons (Fsp3) is 0.0909. The van der Waals surface area contributed by atoms with Crippen molar-refractivity contribution >= 4 is 33.6 Å². The lowest BCUT2D eigenvalue weighted by Gasteiger charge is -2.14. The Bertz CT molecular complexity index is 1200. The number of carboxylic acid groups (broad SMARTS) is 1. The number of halogens is 1. The Balaban J connectivity index is 1.56. The molecule has 0 bridgehead atoms. The van der Waals surface area contributed by atoms with Crippen LogP contribution in [0, 0.1) is 5.82 Å². The summed E-state index contributed by atoms with van der Waals surface area (Å²) in [5.41, 5.74) is 1.39. The molecule has 3 aromatic carbocycles. The first-order valence-electron chi connectivity index (χ1n) is 8.80. The van der Waals surface area contributed by atoms with Crippen LogP contribution in [0.1, 0.15) is 16.1 Å². The van der Waals surface area contributed by atoms with E-state index in [0.29, 0.717) is 5.52 Å². The lowest BCUT2D eigenvalue weighted by Crippen LogP contribution is -2.42. The molecule has 1 heterocycles. The summed E-state index contributed by atoms with van der Waals surface area (Å²) in [5.74, 6) is -2.17. The van der Waals surface area contributed by atoms with Crippen molar-refractivity contribution in [3.8, 4) is 0 Å². The third-order valence-corrected chi connectivity index (χ3v) is 4.71. The summed E-state index contributed by atoms with van der Waals surface area (Å²) in [4.78, 5) is 27.0. The van der Waals surface area contributed by atoms with Crippen molar-refractivity contribution in [3.63, 3.8) is 0 Å². The predicted molar refractivity (Wildman–Crippen MR) is 105 cm³/mol. The minimum absolute atomic E-state index is 0.116. The highest BCUT2D eigenvalue weighted by atomic mass is 19.1.